The lowest BCUT2D eigenvalue weighted by Crippen LogP contribution is -2.26. The smallest absolute Gasteiger partial charge is 0.308 e. The monoisotopic (exact) mass is 293 g/mol. The number of carbonyl (C=O) groups excluding carboxylic acids is 1. The number of pyridine rings is 1. The first-order chi connectivity index (χ1) is 9.81. The number of nitro groups is 1. The predicted octanol–water partition coefficient (Wildman–Crippen LogP) is 1.04. The van der Waals surface area contributed by atoms with Gasteiger partial charge in [-0.05, 0) is 13.8 Å². The maximum atomic E-state index is 11.8. The summed E-state index contributed by atoms with van der Waals surface area (Å²) in [6.45, 7) is 3.39. The first kappa shape index (κ1) is 14.9. The third-order valence-electron chi connectivity index (χ3n) is 3.66. The molecule has 2 heterocycles. The molecule has 1 fully saturated rings. The Balaban J connectivity index is 2.25. The number of rotatable bonds is 4. The van der Waals surface area contributed by atoms with E-state index >= 15 is 0 Å². The fourth-order valence-corrected chi connectivity index (χ4v) is 2.48. The van der Waals surface area contributed by atoms with Gasteiger partial charge in [0, 0.05) is 24.7 Å². The van der Waals surface area contributed by atoms with Crippen LogP contribution < -0.4 is 0 Å². The minimum absolute atomic E-state index is 0.0126. The molecule has 1 aliphatic rings. The molecular formula is C13H15N3O5. The largest absolute Gasteiger partial charge is 0.481 e. The molecule has 1 atom stereocenters. The molecule has 0 saturated carbocycles. The number of aryl methyl sites for hydroxylation is 1. The normalized spacial score (nSPS) is 18.1. The second kappa shape index (κ2) is 5.47. The van der Waals surface area contributed by atoms with Gasteiger partial charge in [-0.2, -0.15) is 0 Å². The Bertz CT molecular complexity index is 628. The van der Waals surface area contributed by atoms with Gasteiger partial charge in [0.25, 0.3) is 5.69 Å². The lowest BCUT2D eigenvalue weighted by molar-refractivity contribution is -0.386. The SMILES string of the molecule is Cc1cnc(CN2CC(C(=O)O)CC2=O)c(C)c1[N+](=O)[O-]. The van der Waals surface area contributed by atoms with E-state index in [2.05, 4.69) is 4.98 Å². The molecule has 0 spiro atoms. The van der Waals surface area contributed by atoms with Crippen LogP contribution in [0.3, 0.4) is 0 Å². The number of likely N-dealkylation sites (tertiary alicyclic amines) is 1. The van der Waals surface area contributed by atoms with Crippen LogP contribution in [0.25, 0.3) is 0 Å². The van der Waals surface area contributed by atoms with Crippen LogP contribution in [-0.4, -0.2) is 38.3 Å². The molecule has 112 valence electrons. The quantitative estimate of drug-likeness (QED) is 0.655. The maximum Gasteiger partial charge on any atom is 0.308 e. The Morgan fingerprint density at radius 3 is 2.76 bits per heavy atom. The van der Waals surface area contributed by atoms with Gasteiger partial charge in [0.05, 0.1) is 28.6 Å². The number of nitrogens with zero attached hydrogens (tertiary/aromatic N) is 3. The van der Waals surface area contributed by atoms with Crippen LogP contribution in [0.2, 0.25) is 0 Å². The van der Waals surface area contributed by atoms with Crippen molar-refractivity contribution in [2.24, 2.45) is 5.92 Å². The summed E-state index contributed by atoms with van der Waals surface area (Å²) >= 11 is 0. The van der Waals surface area contributed by atoms with Crippen LogP contribution in [0.4, 0.5) is 5.69 Å². The second-order valence-corrected chi connectivity index (χ2v) is 5.13. The van der Waals surface area contributed by atoms with Gasteiger partial charge >= 0.3 is 5.97 Å². The van der Waals surface area contributed by atoms with Gasteiger partial charge in [0.15, 0.2) is 0 Å². The molecule has 1 aromatic rings. The fraction of sp³-hybridized carbons (Fsp3) is 0.462. The number of aromatic nitrogens is 1. The lowest BCUT2D eigenvalue weighted by atomic mass is 10.1. The summed E-state index contributed by atoms with van der Waals surface area (Å²) in [7, 11) is 0. The van der Waals surface area contributed by atoms with E-state index in [0.717, 1.165) is 0 Å². The highest BCUT2D eigenvalue weighted by Crippen LogP contribution is 2.26. The lowest BCUT2D eigenvalue weighted by Gasteiger charge is -2.17. The third-order valence-corrected chi connectivity index (χ3v) is 3.66. The molecule has 1 saturated heterocycles. The van der Waals surface area contributed by atoms with Crippen molar-refractivity contribution in [2.45, 2.75) is 26.8 Å². The number of amides is 1. The zero-order chi connectivity index (χ0) is 15.7. The summed E-state index contributed by atoms with van der Waals surface area (Å²) < 4.78 is 0. The van der Waals surface area contributed by atoms with Crippen molar-refractivity contribution in [3.05, 3.63) is 33.1 Å². The summed E-state index contributed by atoms with van der Waals surface area (Å²) in [4.78, 5) is 38.8. The molecule has 1 N–H and O–H groups in total. The minimum atomic E-state index is -1.01. The zero-order valence-electron chi connectivity index (χ0n) is 11.7. The average molecular weight is 293 g/mol. The second-order valence-electron chi connectivity index (χ2n) is 5.13. The van der Waals surface area contributed by atoms with Gasteiger partial charge in [-0.15, -0.1) is 0 Å². The van der Waals surface area contributed by atoms with Gasteiger partial charge in [-0.25, -0.2) is 0 Å². The molecule has 21 heavy (non-hydrogen) atoms. The molecule has 8 nitrogen and oxygen atoms in total. The van der Waals surface area contributed by atoms with Crippen molar-refractivity contribution in [1.29, 1.82) is 0 Å². The molecule has 1 amide bonds. The standard InChI is InChI=1S/C13H15N3O5/c1-7-4-14-10(8(2)12(7)16(20)21)6-15-5-9(13(18)19)3-11(15)17/h4,9H,3,5-6H2,1-2H3,(H,18,19). The number of aliphatic carboxylic acids is 1. The van der Waals surface area contributed by atoms with E-state index in [0.29, 0.717) is 16.8 Å². The van der Waals surface area contributed by atoms with Crippen LogP contribution >= 0.6 is 0 Å². The Labute approximate surface area is 120 Å². The van der Waals surface area contributed by atoms with Gasteiger partial charge in [-0.3, -0.25) is 24.7 Å². The summed E-state index contributed by atoms with van der Waals surface area (Å²) in [6, 6.07) is 0. The van der Waals surface area contributed by atoms with Crippen molar-refractivity contribution in [3.8, 4) is 0 Å². The zero-order valence-corrected chi connectivity index (χ0v) is 11.7. The Morgan fingerprint density at radius 1 is 1.57 bits per heavy atom. The number of carboxylic acids is 1. The van der Waals surface area contributed by atoms with Crippen molar-refractivity contribution < 1.29 is 19.6 Å². The summed E-state index contributed by atoms with van der Waals surface area (Å²) in [5.74, 6) is -2.00. The van der Waals surface area contributed by atoms with Crippen LogP contribution in [0, 0.1) is 29.9 Å². The molecule has 0 bridgehead atoms. The molecule has 1 aromatic heterocycles. The average Bonchev–Trinajstić information content (AvgIpc) is 2.74. The van der Waals surface area contributed by atoms with Crippen LogP contribution in [0.1, 0.15) is 23.2 Å². The topological polar surface area (TPSA) is 114 Å². The fourth-order valence-electron chi connectivity index (χ4n) is 2.48. The Morgan fingerprint density at radius 2 is 2.24 bits per heavy atom. The summed E-state index contributed by atoms with van der Waals surface area (Å²) in [5, 5.41) is 20.0. The maximum absolute atomic E-state index is 11.8. The van der Waals surface area contributed by atoms with E-state index in [4.69, 9.17) is 5.11 Å². The third kappa shape index (κ3) is 2.83. The van der Waals surface area contributed by atoms with E-state index in [1.54, 1.807) is 13.8 Å². The van der Waals surface area contributed by atoms with Gasteiger partial charge in [-0.1, -0.05) is 0 Å². The van der Waals surface area contributed by atoms with Crippen molar-refractivity contribution >= 4 is 17.6 Å². The minimum Gasteiger partial charge on any atom is -0.481 e. The number of carbonyl (C=O) groups is 2. The van der Waals surface area contributed by atoms with Crippen LogP contribution in [0.15, 0.2) is 6.20 Å². The van der Waals surface area contributed by atoms with Gasteiger partial charge < -0.3 is 10.0 Å². The Hall–Kier alpha value is -2.51. The highest BCUT2D eigenvalue weighted by atomic mass is 16.6. The van der Waals surface area contributed by atoms with E-state index in [1.165, 1.54) is 11.1 Å². The van der Waals surface area contributed by atoms with Gasteiger partial charge in [0.1, 0.15) is 0 Å². The number of hydrogen-bond donors (Lipinski definition) is 1. The Kier molecular flexibility index (Phi) is 3.88. The number of hydrogen-bond acceptors (Lipinski definition) is 5. The highest BCUT2D eigenvalue weighted by molar-refractivity contribution is 5.86. The summed E-state index contributed by atoms with van der Waals surface area (Å²) in [6.07, 6.45) is 1.36. The molecule has 0 aliphatic carbocycles. The van der Waals surface area contributed by atoms with Crippen LogP contribution in [0.5, 0.6) is 0 Å². The first-order valence-electron chi connectivity index (χ1n) is 6.41. The van der Waals surface area contributed by atoms with E-state index in [-0.39, 0.29) is 31.1 Å². The first-order valence-corrected chi connectivity index (χ1v) is 6.41. The van der Waals surface area contributed by atoms with E-state index in [9.17, 15) is 19.7 Å². The van der Waals surface area contributed by atoms with Crippen molar-refractivity contribution in [1.82, 2.24) is 9.88 Å². The molecule has 8 heteroatoms. The van der Waals surface area contributed by atoms with Crippen molar-refractivity contribution in [2.75, 3.05) is 6.54 Å². The molecular weight excluding hydrogens is 278 g/mol. The molecule has 0 aromatic carbocycles. The molecule has 2 rings (SSSR count). The molecule has 1 unspecified atom stereocenters. The van der Waals surface area contributed by atoms with Crippen molar-refractivity contribution in [3.63, 3.8) is 0 Å². The van der Waals surface area contributed by atoms with E-state index < -0.39 is 16.8 Å². The summed E-state index contributed by atoms with van der Waals surface area (Å²) in [5.41, 5.74) is 1.28. The molecule has 1 aliphatic heterocycles. The molecule has 0 radical (unpaired) electrons. The predicted molar refractivity (Wildman–Crippen MR) is 71.5 cm³/mol. The number of carboxylic acid groups (broad SMARTS) is 1. The van der Waals surface area contributed by atoms with E-state index in [1.807, 2.05) is 0 Å². The van der Waals surface area contributed by atoms with Crippen LogP contribution in [-0.2, 0) is 16.1 Å². The van der Waals surface area contributed by atoms with Gasteiger partial charge in [0.2, 0.25) is 5.91 Å². The highest BCUT2D eigenvalue weighted by Gasteiger charge is 2.35.